The minimum absolute atomic E-state index is 0.0225. The molecule has 0 radical (unpaired) electrons. The van der Waals surface area contributed by atoms with Gasteiger partial charge < -0.3 is 19.4 Å². The van der Waals surface area contributed by atoms with Crippen LogP contribution in [0.3, 0.4) is 0 Å². The van der Waals surface area contributed by atoms with E-state index in [1.54, 1.807) is 33.7 Å². The van der Waals surface area contributed by atoms with Crippen molar-refractivity contribution in [3.8, 4) is 16.9 Å². The van der Waals surface area contributed by atoms with Crippen LogP contribution < -0.4 is 10.3 Å². The van der Waals surface area contributed by atoms with Crippen LogP contribution >= 0.6 is 0 Å². The Morgan fingerprint density at radius 3 is 2.56 bits per heavy atom. The van der Waals surface area contributed by atoms with Crippen molar-refractivity contribution in [1.82, 2.24) is 19.5 Å². The zero-order valence-corrected chi connectivity index (χ0v) is 20.8. The minimum atomic E-state index is -0.555. The van der Waals surface area contributed by atoms with Crippen molar-refractivity contribution < 1.29 is 18.7 Å². The predicted octanol–water partition coefficient (Wildman–Crippen LogP) is 5.11. The Balaban J connectivity index is 1.57. The van der Waals surface area contributed by atoms with Crippen molar-refractivity contribution in [1.29, 1.82) is 0 Å². The largest absolute Gasteiger partial charge is 0.496 e. The number of hydrogen-bond donors (Lipinski definition) is 1. The lowest BCUT2D eigenvalue weighted by atomic mass is 9.93. The highest BCUT2D eigenvalue weighted by molar-refractivity contribution is 6.05. The number of H-pyrrole nitrogens is 1. The summed E-state index contributed by atoms with van der Waals surface area (Å²) in [5.41, 5.74) is 1.99. The van der Waals surface area contributed by atoms with Gasteiger partial charge in [-0.15, -0.1) is 0 Å². The number of hydrogen-bond acceptors (Lipinski definition) is 5. The average Bonchev–Trinajstić information content (AvgIpc) is 3.21. The topological polar surface area (TPSA) is 88.9 Å². The maximum atomic E-state index is 15.0. The lowest BCUT2D eigenvalue weighted by Gasteiger charge is -2.33. The number of ether oxygens (including phenoxy) is 2. The number of halogens is 1. The van der Waals surface area contributed by atoms with Crippen LogP contribution in [-0.4, -0.2) is 51.4 Å². The average molecular weight is 493 g/mol. The number of carbonyl (C=O) groups excluding carboxylic acids is 1. The molecule has 5 rings (SSSR count). The Bertz CT molecular complexity index is 1510. The highest BCUT2D eigenvalue weighted by Gasteiger charge is 2.29. The van der Waals surface area contributed by atoms with Gasteiger partial charge in [-0.25, -0.2) is 13.7 Å². The van der Waals surface area contributed by atoms with Crippen molar-refractivity contribution in [2.75, 3.05) is 20.2 Å². The molecule has 1 fully saturated rings. The van der Waals surface area contributed by atoms with Crippen LogP contribution in [0.25, 0.3) is 27.7 Å². The SMILES string of the molecule is COc1cccc(F)c1-c1cccc2nn3c(C4CCN(C(=O)OC(C)(C)C)CC4)cc(=O)[nH]c3c12. The third-order valence-corrected chi connectivity index (χ3v) is 6.49. The molecule has 8 nitrogen and oxygen atoms in total. The molecule has 2 aromatic heterocycles. The summed E-state index contributed by atoms with van der Waals surface area (Å²) in [5, 5.41) is 5.43. The monoisotopic (exact) mass is 492 g/mol. The second-order valence-electron chi connectivity index (χ2n) is 10.1. The van der Waals surface area contributed by atoms with Crippen LogP contribution in [0.2, 0.25) is 0 Å². The Kier molecular flexibility index (Phi) is 5.94. The Hall–Kier alpha value is -3.88. The molecule has 3 heterocycles. The Morgan fingerprint density at radius 2 is 1.86 bits per heavy atom. The number of aromatic amines is 1. The third kappa shape index (κ3) is 4.29. The summed E-state index contributed by atoms with van der Waals surface area (Å²) in [7, 11) is 1.50. The Morgan fingerprint density at radius 1 is 1.14 bits per heavy atom. The van der Waals surface area contributed by atoms with Crippen LogP contribution in [0.4, 0.5) is 9.18 Å². The minimum Gasteiger partial charge on any atom is -0.496 e. The molecule has 2 aromatic carbocycles. The molecule has 0 spiro atoms. The van der Waals surface area contributed by atoms with Crippen LogP contribution in [0, 0.1) is 5.82 Å². The molecule has 9 heteroatoms. The van der Waals surface area contributed by atoms with E-state index in [2.05, 4.69) is 4.98 Å². The Labute approximate surface area is 207 Å². The zero-order valence-electron chi connectivity index (χ0n) is 20.8. The molecule has 0 saturated carbocycles. The highest BCUT2D eigenvalue weighted by atomic mass is 19.1. The highest BCUT2D eigenvalue weighted by Crippen LogP contribution is 2.39. The first-order valence-electron chi connectivity index (χ1n) is 12.0. The molecule has 0 aliphatic carbocycles. The molecular weight excluding hydrogens is 463 g/mol. The molecule has 1 saturated heterocycles. The maximum Gasteiger partial charge on any atom is 0.410 e. The van der Waals surface area contributed by atoms with Gasteiger partial charge in [0.05, 0.1) is 29.3 Å². The van der Waals surface area contributed by atoms with E-state index >= 15 is 0 Å². The normalized spacial score (nSPS) is 15.0. The second kappa shape index (κ2) is 8.96. The smallest absolute Gasteiger partial charge is 0.410 e. The summed E-state index contributed by atoms with van der Waals surface area (Å²) < 4.78 is 27.7. The van der Waals surface area contributed by atoms with E-state index in [1.807, 2.05) is 32.9 Å². The first kappa shape index (κ1) is 23.8. The van der Waals surface area contributed by atoms with Gasteiger partial charge in [-0.05, 0) is 51.8 Å². The van der Waals surface area contributed by atoms with Crippen LogP contribution in [0.15, 0.2) is 47.3 Å². The fourth-order valence-electron chi connectivity index (χ4n) is 4.91. The van der Waals surface area contributed by atoms with Crippen LogP contribution in [-0.2, 0) is 4.74 Å². The molecule has 1 N–H and O–H groups in total. The number of benzene rings is 2. The van der Waals surface area contributed by atoms with Crippen molar-refractivity contribution in [2.24, 2.45) is 0 Å². The van der Waals surface area contributed by atoms with E-state index in [1.165, 1.54) is 13.2 Å². The molecule has 36 heavy (non-hydrogen) atoms. The summed E-state index contributed by atoms with van der Waals surface area (Å²) in [6.45, 7) is 6.58. The van der Waals surface area contributed by atoms with Gasteiger partial charge in [0.1, 0.15) is 22.8 Å². The first-order valence-corrected chi connectivity index (χ1v) is 12.0. The summed E-state index contributed by atoms with van der Waals surface area (Å²) in [6, 6.07) is 11.7. The fraction of sp³-hybridized carbons (Fsp3) is 0.370. The molecule has 0 unspecified atom stereocenters. The number of rotatable bonds is 3. The van der Waals surface area contributed by atoms with E-state index in [0.717, 1.165) is 5.69 Å². The second-order valence-corrected chi connectivity index (χ2v) is 10.1. The van der Waals surface area contributed by atoms with Gasteiger partial charge >= 0.3 is 6.09 Å². The van der Waals surface area contributed by atoms with Crippen molar-refractivity contribution in [2.45, 2.75) is 45.1 Å². The molecule has 1 amide bonds. The number of methoxy groups -OCH3 is 1. The van der Waals surface area contributed by atoms with Crippen LogP contribution in [0.1, 0.15) is 45.2 Å². The van der Waals surface area contributed by atoms with Gasteiger partial charge in [0, 0.05) is 30.6 Å². The number of piperidine rings is 1. The van der Waals surface area contributed by atoms with E-state index in [9.17, 15) is 14.0 Å². The molecular formula is C27H29FN4O4. The van der Waals surface area contributed by atoms with E-state index in [4.69, 9.17) is 14.6 Å². The summed E-state index contributed by atoms with van der Waals surface area (Å²) in [4.78, 5) is 29.9. The first-order chi connectivity index (χ1) is 17.2. The van der Waals surface area contributed by atoms with Crippen molar-refractivity contribution in [3.05, 3.63) is 64.3 Å². The van der Waals surface area contributed by atoms with Gasteiger partial charge in [-0.3, -0.25) is 4.79 Å². The molecule has 1 aliphatic heterocycles. The quantitative estimate of drug-likeness (QED) is 0.430. The standard InChI is InChI=1S/C27H29FN4O4/c1-27(2,3)36-26(34)31-13-11-16(12-14-31)20-15-22(33)29-25-24-17(7-5-9-19(24)30-32(20)25)23-18(28)8-6-10-21(23)35-4/h5-10,15-16H,11-14H2,1-4H3,(H,29,33). The van der Waals surface area contributed by atoms with Gasteiger partial charge in [-0.2, -0.15) is 5.10 Å². The molecule has 4 aromatic rings. The van der Waals surface area contributed by atoms with Gasteiger partial charge in [0.2, 0.25) is 0 Å². The number of nitrogens with one attached hydrogen (secondary N) is 1. The van der Waals surface area contributed by atoms with Gasteiger partial charge in [0.15, 0.2) is 0 Å². The molecule has 0 bridgehead atoms. The molecule has 1 aliphatic rings. The lowest BCUT2D eigenvalue weighted by molar-refractivity contribution is 0.0203. The maximum absolute atomic E-state index is 15.0. The van der Waals surface area contributed by atoms with E-state index in [-0.39, 0.29) is 17.6 Å². The number of carbonyl (C=O) groups is 1. The molecule has 0 atom stereocenters. The van der Waals surface area contributed by atoms with Crippen molar-refractivity contribution >= 4 is 22.6 Å². The van der Waals surface area contributed by atoms with Gasteiger partial charge in [0.25, 0.3) is 5.56 Å². The predicted molar refractivity (Wildman–Crippen MR) is 135 cm³/mol. The fourth-order valence-corrected chi connectivity index (χ4v) is 4.91. The van der Waals surface area contributed by atoms with E-state index in [0.29, 0.717) is 59.4 Å². The third-order valence-electron chi connectivity index (χ3n) is 6.49. The number of amides is 1. The van der Waals surface area contributed by atoms with Gasteiger partial charge in [-0.1, -0.05) is 18.2 Å². The van der Waals surface area contributed by atoms with E-state index < -0.39 is 11.4 Å². The van der Waals surface area contributed by atoms with Crippen LogP contribution in [0.5, 0.6) is 5.75 Å². The summed E-state index contributed by atoms with van der Waals surface area (Å²) >= 11 is 0. The lowest BCUT2D eigenvalue weighted by Crippen LogP contribution is -2.41. The number of fused-ring (bicyclic) bond motifs is 3. The summed E-state index contributed by atoms with van der Waals surface area (Å²) in [5.74, 6) is -0.00155. The number of aromatic nitrogens is 3. The van der Waals surface area contributed by atoms with Crippen molar-refractivity contribution in [3.63, 3.8) is 0 Å². The zero-order chi connectivity index (χ0) is 25.6. The number of nitrogens with zero attached hydrogens (tertiary/aromatic N) is 3. The molecule has 188 valence electrons. The number of likely N-dealkylation sites (tertiary alicyclic amines) is 1. The summed E-state index contributed by atoms with van der Waals surface area (Å²) in [6.07, 6.45) is 1.01.